The van der Waals surface area contributed by atoms with Gasteiger partial charge in [-0.05, 0) is 45.0 Å². The van der Waals surface area contributed by atoms with Gasteiger partial charge in [-0.2, -0.15) is 0 Å². The topological polar surface area (TPSA) is 55.8 Å². The summed E-state index contributed by atoms with van der Waals surface area (Å²) in [6, 6.07) is 5.24. The molecule has 0 N–H and O–H groups in total. The van der Waals surface area contributed by atoms with Gasteiger partial charge in [0.05, 0.1) is 29.7 Å². The van der Waals surface area contributed by atoms with Gasteiger partial charge in [-0.3, -0.25) is 14.7 Å². The minimum atomic E-state index is -0.450. The Morgan fingerprint density at radius 2 is 1.91 bits per heavy atom. The fourth-order valence-electron chi connectivity index (χ4n) is 4.46. The summed E-state index contributed by atoms with van der Waals surface area (Å²) in [6.45, 7) is 8.20. The minimum Gasteiger partial charge on any atom is -0.353 e. The van der Waals surface area contributed by atoms with E-state index in [1.54, 1.807) is 24.5 Å². The third-order valence-electron chi connectivity index (χ3n) is 7.06. The lowest BCUT2D eigenvalue weighted by Crippen LogP contribution is -2.51. The molecule has 7 nitrogen and oxygen atoms in total. The number of benzene rings is 1. The van der Waals surface area contributed by atoms with Gasteiger partial charge in [0.15, 0.2) is 0 Å². The van der Waals surface area contributed by atoms with E-state index in [4.69, 9.17) is 11.6 Å². The number of hydrogen-bond donors (Lipinski definition) is 0. The van der Waals surface area contributed by atoms with Crippen LogP contribution in [0.15, 0.2) is 30.6 Å². The van der Waals surface area contributed by atoms with Gasteiger partial charge in [0.25, 0.3) is 0 Å². The Morgan fingerprint density at radius 3 is 2.50 bits per heavy atom. The van der Waals surface area contributed by atoms with Crippen LogP contribution in [0.5, 0.6) is 0 Å². The standard InChI is InChI=1S/C25H34ClFN6O/c1-3-32(12-9-30(2)20-5-4-6-20)25(34)18-31-10-13-33(14-11-31)24-17-28-23(16-29-24)19-7-8-22(27)21(26)15-19/h7-8,15-17,20H,3-6,9-14,18H2,1-2H3. The van der Waals surface area contributed by atoms with E-state index >= 15 is 0 Å². The third kappa shape index (κ3) is 6.03. The maximum atomic E-state index is 13.4. The van der Waals surface area contributed by atoms with Crippen LogP contribution in [0.4, 0.5) is 10.2 Å². The van der Waals surface area contributed by atoms with Crippen molar-refractivity contribution < 1.29 is 9.18 Å². The maximum absolute atomic E-state index is 13.4. The number of anilines is 1. The van der Waals surface area contributed by atoms with Gasteiger partial charge in [0.1, 0.15) is 11.6 Å². The number of rotatable bonds is 9. The highest BCUT2D eigenvalue weighted by atomic mass is 35.5. The molecule has 0 unspecified atom stereocenters. The highest BCUT2D eigenvalue weighted by Gasteiger charge is 2.24. The van der Waals surface area contributed by atoms with E-state index in [0.717, 1.165) is 57.2 Å². The number of piperazine rings is 1. The minimum absolute atomic E-state index is 0.0704. The number of hydrogen-bond acceptors (Lipinski definition) is 6. The zero-order chi connectivity index (χ0) is 24.1. The van der Waals surface area contributed by atoms with Gasteiger partial charge < -0.3 is 14.7 Å². The second kappa shape index (κ2) is 11.4. The van der Waals surface area contributed by atoms with E-state index in [2.05, 4.69) is 38.6 Å². The molecular formula is C25H34ClFN6O. The Labute approximate surface area is 206 Å². The number of amides is 1. The summed E-state index contributed by atoms with van der Waals surface area (Å²) >= 11 is 5.88. The predicted molar refractivity (Wildman–Crippen MR) is 134 cm³/mol. The van der Waals surface area contributed by atoms with Gasteiger partial charge in [-0.1, -0.05) is 18.0 Å². The number of halogens is 2. The summed E-state index contributed by atoms with van der Waals surface area (Å²) in [6.07, 6.45) is 7.33. The van der Waals surface area contributed by atoms with Gasteiger partial charge in [0.2, 0.25) is 5.91 Å². The van der Waals surface area contributed by atoms with Crippen LogP contribution >= 0.6 is 11.6 Å². The molecule has 184 valence electrons. The number of aromatic nitrogens is 2. The molecule has 9 heteroatoms. The third-order valence-corrected chi connectivity index (χ3v) is 7.35. The zero-order valence-corrected chi connectivity index (χ0v) is 20.8. The number of likely N-dealkylation sites (N-methyl/N-ethyl adjacent to an activating group) is 2. The van der Waals surface area contributed by atoms with Crippen molar-refractivity contribution in [1.29, 1.82) is 0 Å². The van der Waals surface area contributed by atoms with Gasteiger partial charge in [0, 0.05) is 57.4 Å². The van der Waals surface area contributed by atoms with Gasteiger partial charge >= 0.3 is 0 Å². The molecule has 0 radical (unpaired) electrons. The van der Waals surface area contributed by atoms with E-state index in [1.165, 1.54) is 25.3 Å². The van der Waals surface area contributed by atoms with Crippen LogP contribution in [-0.4, -0.2) is 96.0 Å². The molecule has 1 aromatic carbocycles. The van der Waals surface area contributed by atoms with E-state index in [0.29, 0.717) is 18.3 Å². The average Bonchev–Trinajstić information content (AvgIpc) is 2.81. The van der Waals surface area contributed by atoms with Gasteiger partial charge in [-0.15, -0.1) is 0 Å². The monoisotopic (exact) mass is 488 g/mol. The molecule has 2 heterocycles. The molecule has 1 aliphatic heterocycles. The first kappa shape index (κ1) is 24.8. The van der Waals surface area contributed by atoms with E-state index in [9.17, 15) is 9.18 Å². The predicted octanol–water partition coefficient (Wildman–Crippen LogP) is 3.39. The zero-order valence-electron chi connectivity index (χ0n) is 20.1. The second-order valence-corrected chi connectivity index (χ2v) is 9.60. The first-order chi connectivity index (χ1) is 16.4. The van der Waals surface area contributed by atoms with Crippen molar-refractivity contribution in [2.75, 3.05) is 64.3 Å². The Hall–Kier alpha value is -2.29. The molecule has 2 fully saturated rings. The van der Waals surface area contributed by atoms with Crippen LogP contribution in [0.1, 0.15) is 26.2 Å². The van der Waals surface area contributed by atoms with Crippen molar-refractivity contribution in [3.63, 3.8) is 0 Å². The van der Waals surface area contributed by atoms with Crippen molar-refractivity contribution in [2.24, 2.45) is 0 Å². The van der Waals surface area contributed by atoms with Crippen molar-refractivity contribution >= 4 is 23.3 Å². The van der Waals surface area contributed by atoms with Crippen LogP contribution in [0.25, 0.3) is 11.3 Å². The number of carbonyl (C=O) groups is 1. The molecule has 1 aromatic heterocycles. The molecule has 34 heavy (non-hydrogen) atoms. The Kier molecular flexibility index (Phi) is 8.34. The van der Waals surface area contributed by atoms with Crippen molar-refractivity contribution in [3.05, 3.63) is 41.4 Å². The van der Waals surface area contributed by atoms with Crippen LogP contribution < -0.4 is 4.90 Å². The van der Waals surface area contributed by atoms with Crippen molar-refractivity contribution in [1.82, 2.24) is 24.7 Å². The quantitative estimate of drug-likeness (QED) is 0.539. The van der Waals surface area contributed by atoms with Crippen LogP contribution in [0.3, 0.4) is 0 Å². The summed E-state index contributed by atoms with van der Waals surface area (Å²) in [7, 11) is 2.17. The fourth-order valence-corrected chi connectivity index (χ4v) is 4.64. The largest absolute Gasteiger partial charge is 0.353 e. The fraction of sp³-hybridized carbons (Fsp3) is 0.560. The summed E-state index contributed by atoms with van der Waals surface area (Å²) in [5, 5.41) is 0.0704. The molecule has 4 rings (SSSR count). The molecule has 1 aliphatic carbocycles. The molecule has 0 atom stereocenters. The van der Waals surface area contributed by atoms with E-state index in [1.807, 2.05) is 4.90 Å². The average molecular weight is 489 g/mol. The van der Waals surface area contributed by atoms with E-state index in [-0.39, 0.29) is 10.9 Å². The summed E-state index contributed by atoms with van der Waals surface area (Å²) < 4.78 is 13.4. The van der Waals surface area contributed by atoms with Gasteiger partial charge in [-0.25, -0.2) is 9.37 Å². The van der Waals surface area contributed by atoms with Crippen LogP contribution in [0.2, 0.25) is 5.02 Å². The highest BCUT2D eigenvalue weighted by molar-refractivity contribution is 6.31. The lowest BCUT2D eigenvalue weighted by atomic mass is 9.92. The van der Waals surface area contributed by atoms with Crippen LogP contribution in [0, 0.1) is 5.82 Å². The number of carbonyl (C=O) groups excluding carboxylic acids is 1. The molecule has 2 aromatic rings. The summed E-state index contributed by atoms with van der Waals surface area (Å²) in [5.74, 6) is 0.562. The number of nitrogens with zero attached hydrogens (tertiary/aromatic N) is 6. The first-order valence-corrected chi connectivity index (χ1v) is 12.5. The second-order valence-electron chi connectivity index (χ2n) is 9.19. The smallest absolute Gasteiger partial charge is 0.236 e. The molecule has 1 amide bonds. The van der Waals surface area contributed by atoms with Crippen molar-refractivity contribution in [3.8, 4) is 11.3 Å². The summed E-state index contributed by atoms with van der Waals surface area (Å²) in [5.41, 5.74) is 1.38. The SMILES string of the molecule is CCN(CCN(C)C1CCC1)C(=O)CN1CCN(c2cnc(-c3ccc(F)c(Cl)c3)cn2)CC1. The maximum Gasteiger partial charge on any atom is 0.236 e. The lowest BCUT2D eigenvalue weighted by molar-refractivity contribution is -0.132. The Morgan fingerprint density at radius 1 is 1.15 bits per heavy atom. The highest BCUT2D eigenvalue weighted by Crippen LogP contribution is 2.24. The normalized spacial score (nSPS) is 17.1. The molecule has 2 aliphatic rings. The Balaban J connectivity index is 1.24. The Bertz CT molecular complexity index is 962. The molecule has 1 saturated carbocycles. The molecule has 1 saturated heterocycles. The summed E-state index contributed by atoms with van der Waals surface area (Å²) in [4.78, 5) is 30.7. The van der Waals surface area contributed by atoms with Crippen molar-refractivity contribution in [2.45, 2.75) is 32.2 Å². The molecular weight excluding hydrogens is 455 g/mol. The molecule has 0 bridgehead atoms. The lowest BCUT2D eigenvalue weighted by Gasteiger charge is -2.37. The van der Waals surface area contributed by atoms with E-state index < -0.39 is 5.82 Å². The molecule has 0 spiro atoms. The van der Waals surface area contributed by atoms with Crippen LogP contribution in [-0.2, 0) is 4.79 Å². The first-order valence-electron chi connectivity index (χ1n) is 12.2.